The summed E-state index contributed by atoms with van der Waals surface area (Å²) in [6.07, 6.45) is 2.02. The third-order valence-corrected chi connectivity index (χ3v) is 2.51. The molecule has 1 aromatic rings. The van der Waals surface area contributed by atoms with Gasteiger partial charge in [0.2, 0.25) is 0 Å². The van der Waals surface area contributed by atoms with Crippen LogP contribution in [0.3, 0.4) is 0 Å². The van der Waals surface area contributed by atoms with Crippen molar-refractivity contribution in [3.05, 3.63) is 35.4 Å². The van der Waals surface area contributed by atoms with Gasteiger partial charge in [0.05, 0.1) is 5.56 Å². The van der Waals surface area contributed by atoms with Crippen molar-refractivity contribution < 1.29 is 14.3 Å². The smallest absolute Gasteiger partial charge is 0.339 e. The van der Waals surface area contributed by atoms with Gasteiger partial charge < -0.3 is 4.74 Å². The van der Waals surface area contributed by atoms with Crippen LogP contribution in [0.2, 0.25) is 0 Å². The highest BCUT2D eigenvalue weighted by Gasteiger charge is 2.47. The summed E-state index contributed by atoms with van der Waals surface area (Å²) in [6, 6.07) is 7.15. The Hall–Kier alpha value is -1.64. The topological polar surface area (TPSA) is 43.4 Å². The van der Waals surface area contributed by atoms with E-state index in [0.717, 1.165) is 11.8 Å². The van der Waals surface area contributed by atoms with E-state index in [1.54, 1.807) is 18.2 Å². The molecule has 1 aliphatic carbocycles. The number of hydrogen-bond acceptors (Lipinski definition) is 3. The SMILES string of the molecule is Cc1cccc(C(=O)OC2(C=O)CC2)c1. The van der Waals surface area contributed by atoms with Gasteiger partial charge in [-0.3, -0.25) is 4.79 Å². The van der Waals surface area contributed by atoms with E-state index in [1.165, 1.54) is 0 Å². The highest BCUT2D eigenvalue weighted by molar-refractivity contribution is 5.91. The monoisotopic (exact) mass is 204 g/mol. The van der Waals surface area contributed by atoms with Crippen LogP contribution >= 0.6 is 0 Å². The lowest BCUT2D eigenvalue weighted by molar-refractivity contribution is -0.117. The number of aldehydes is 1. The molecule has 3 heteroatoms. The average Bonchev–Trinajstić information content (AvgIpc) is 2.98. The Kier molecular flexibility index (Phi) is 2.31. The first-order chi connectivity index (χ1) is 7.15. The van der Waals surface area contributed by atoms with Crippen molar-refractivity contribution >= 4 is 12.3 Å². The van der Waals surface area contributed by atoms with Crippen molar-refractivity contribution in [1.82, 2.24) is 0 Å². The number of esters is 1. The molecule has 0 unspecified atom stereocenters. The van der Waals surface area contributed by atoms with Crippen molar-refractivity contribution in [3.63, 3.8) is 0 Å². The van der Waals surface area contributed by atoms with Crippen molar-refractivity contribution in [2.24, 2.45) is 0 Å². The number of rotatable bonds is 3. The van der Waals surface area contributed by atoms with E-state index in [2.05, 4.69) is 0 Å². The number of carbonyl (C=O) groups excluding carboxylic acids is 2. The molecule has 0 bridgehead atoms. The minimum absolute atomic E-state index is 0.414. The van der Waals surface area contributed by atoms with Crippen LogP contribution in [-0.4, -0.2) is 17.9 Å². The fourth-order valence-corrected chi connectivity index (χ4v) is 1.38. The molecule has 2 rings (SSSR count). The summed E-state index contributed by atoms with van der Waals surface area (Å²) in [7, 11) is 0. The Morgan fingerprint density at radius 3 is 2.73 bits per heavy atom. The molecule has 0 saturated heterocycles. The zero-order valence-electron chi connectivity index (χ0n) is 8.53. The second-order valence-electron chi connectivity index (χ2n) is 3.94. The van der Waals surface area contributed by atoms with Gasteiger partial charge in [-0.1, -0.05) is 17.7 Å². The van der Waals surface area contributed by atoms with E-state index in [0.29, 0.717) is 18.4 Å². The van der Waals surface area contributed by atoms with Crippen molar-refractivity contribution in [2.75, 3.05) is 0 Å². The van der Waals surface area contributed by atoms with Gasteiger partial charge in [0.15, 0.2) is 11.9 Å². The van der Waals surface area contributed by atoms with Crippen molar-refractivity contribution in [2.45, 2.75) is 25.4 Å². The van der Waals surface area contributed by atoms with Crippen LogP contribution in [0.5, 0.6) is 0 Å². The summed E-state index contributed by atoms with van der Waals surface area (Å²) in [5, 5.41) is 0. The molecule has 1 saturated carbocycles. The van der Waals surface area contributed by atoms with E-state index < -0.39 is 11.6 Å². The van der Waals surface area contributed by atoms with Crippen LogP contribution in [0.25, 0.3) is 0 Å². The maximum absolute atomic E-state index is 11.6. The Morgan fingerprint density at radius 2 is 2.20 bits per heavy atom. The van der Waals surface area contributed by atoms with Gasteiger partial charge in [0.25, 0.3) is 0 Å². The largest absolute Gasteiger partial charge is 0.448 e. The van der Waals surface area contributed by atoms with Crippen LogP contribution in [0.15, 0.2) is 24.3 Å². The molecule has 0 aromatic heterocycles. The van der Waals surface area contributed by atoms with E-state index in [-0.39, 0.29) is 0 Å². The molecule has 0 aliphatic heterocycles. The second-order valence-corrected chi connectivity index (χ2v) is 3.94. The zero-order valence-corrected chi connectivity index (χ0v) is 8.53. The molecule has 0 radical (unpaired) electrons. The van der Waals surface area contributed by atoms with Crippen LogP contribution in [0.4, 0.5) is 0 Å². The molecule has 0 heterocycles. The maximum Gasteiger partial charge on any atom is 0.339 e. The highest BCUT2D eigenvalue weighted by atomic mass is 16.6. The minimum Gasteiger partial charge on any atom is -0.448 e. The first-order valence-electron chi connectivity index (χ1n) is 4.92. The van der Waals surface area contributed by atoms with E-state index in [1.807, 2.05) is 13.0 Å². The number of carbonyl (C=O) groups is 2. The fourth-order valence-electron chi connectivity index (χ4n) is 1.38. The molecular weight excluding hydrogens is 192 g/mol. The van der Waals surface area contributed by atoms with Gasteiger partial charge in [-0.05, 0) is 31.9 Å². The Bertz CT molecular complexity index is 405. The number of ether oxygens (including phenoxy) is 1. The summed E-state index contributed by atoms with van der Waals surface area (Å²) < 4.78 is 5.13. The fraction of sp³-hybridized carbons (Fsp3) is 0.333. The summed E-state index contributed by atoms with van der Waals surface area (Å²) in [5.74, 6) is -0.414. The van der Waals surface area contributed by atoms with Crippen LogP contribution in [0, 0.1) is 6.92 Å². The molecule has 0 spiro atoms. The Morgan fingerprint density at radius 1 is 1.47 bits per heavy atom. The lowest BCUT2D eigenvalue weighted by Crippen LogP contribution is -2.20. The van der Waals surface area contributed by atoms with E-state index in [4.69, 9.17) is 4.74 Å². The normalized spacial score (nSPS) is 16.9. The van der Waals surface area contributed by atoms with Gasteiger partial charge in [-0.2, -0.15) is 0 Å². The lowest BCUT2D eigenvalue weighted by Gasteiger charge is -2.09. The molecule has 0 amide bonds. The van der Waals surface area contributed by atoms with Crippen LogP contribution in [0.1, 0.15) is 28.8 Å². The predicted octanol–water partition coefficient (Wildman–Crippen LogP) is 1.88. The standard InChI is InChI=1S/C12H12O3/c1-9-3-2-4-10(7-9)11(14)15-12(8-13)5-6-12/h2-4,7-8H,5-6H2,1H3. The van der Waals surface area contributed by atoms with Crippen LogP contribution in [-0.2, 0) is 9.53 Å². The lowest BCUT2D eigenvalue weighted by atomic mass is 10.1. The summed E-state index contributed by atoms with van der Waals surface area (Å²) in [4.78, 5) is 22.3. The summed E-state index contributed by atoms with van der Waals surface area (Å²) in [6.45, 7) is 1.91. The van der Waals surface area contributed by atoms with Gasteiger partial charge in [0.1, 0.15) is 0 Å². The molecule has 0 N–H and O–H groups in total. The third kappa shape index (κ3) is 2.06. The summed E-state index contributed by atoms with van der Waals surface area (Å²) in [5.41, 5.74) is 0.685. The summed E-state index contributed by atoms with van der Waals surface area (Å²) >= 11 is 0. The highest BCUT2D eigenvalue weighted by Crippen LogP contribution is 2.37. The molecule has 15 heavy (non-hydrogen) atoms. The minimum atomic E-state index is -0.819. The molecule has 1 aromatic carbocycles. The Labute approximate surface area is 88.1 Å². The maximum atomic E-state index is 11.6. The van der Waals surface area contributed by atoms with E-state index in [9.17, 15) is 9.59 Å². The quantitative estimate of drug-likeness (QED) is 0.557. The van der Waals surface area contributed by atoms with Crippen molar-refractivity contribution in [1.29, 1.82) is 0 Å². The molecule has 1 aliphatic rings. The van der Waals surface area contributed by atoms with Gasteiger partial charge in [-0.15, -0.1) is 0 Å². The third-order valence-electron chi connectivity index (χ3n) is 2.51. The number of aryl methyl sites for hydroxylation is 1. The van der Waals surface area contributed by atoms with Gasteiger partial charge in [-0.25, -0.2) is 4.79 Å². The predicted molar refractivity (Wildman–Crippen MR) is 54.6 cm³/mol. The molecule has 3 nitrogen and oxygen atoms in total. The first-order valence-corrected chi connectivity index (χ1v) is 4.92. The van der Waals surface area contributed by atoms with Crippen LogP contribution < -0.4 is 0 Å². The molecule has 0 atom stereocenters. The van der Waals surface area contributed by atoms with Gasteiger partial charge in [0, 0.05) is 0 Å². The number of hydrogen-bond donors (Lipinski definition) is 0. The average molecular weight is 204 g/mol. The molecule has 78 valence electrons. The second kappa shape index (κ2) is 3.50. The first kappa shape index (κ1) is 9.90. The molecule has 1 fully saturated rings. The zero-order chi connectivity index (χ0) is 10.9. The van der Waals surface area contributed by atoms with Gasteiger partial charge >= 0.3 is 5.97 Å². The number of benzene rings is 1. The molecular formula is C12H12O3. The van der Waals surface area contributed by atoms with E-state index >= 15 is 0 Å². The van der Waals surface area contributed by atoms with Crippen molar-refractivity contribution in [3.8, 4) is 0 Å². The Balaban J connectivity index is 2.11.